The topological polar surface area (TPSA) is 72.6 Å². The second-order valence-electron chi connectivity index (χ2n) is 6.36. The molecule has 1 aliphatic rings. The van der Waals surface area contributed by atoms with Crippen molar-refractivity contribution in [2.24, 2.45) is 5.14 Å². The molecule has 0 spiro atoms. The molecule has 0 bridgehead atoms. The van der Waals surface area contributed by atoms with Crippen LogP contribution < -0.4 is 5.14 Å². The molecular weight excluding hydrogens is 367 g/mol. The highest BCUT2D eigenvalue weighted by Gasteiger charge is 2.50. The Morgan fingerprint density at radius 3 is 2.33 bits per heavy atom. The quantitative estimate of drug-likeness (QED) is 0.823. The van der Waals surface area contributed by atoms with E-state index in [-0.39, 0.29) is 12.4 Å². The van der Waals surface area contributed by atoms with Gasteiger partial charge in [0.2, 0.25) is 0 Å². The summed E-state index contributed by atoms with van der Waals surface area (Å²) in [6.07, 6.45) is 2.54. The van der Waals surface area contributed by atoms with Crippen molar-refractivity contribution in [2.45, 2.75) is 18.4 Å². The maximum Gasteiger partial charge on any atom is 0.266 e. The molecule has 0 radical (unpaired) electrons. The van der Waals surface area contributed by atoms with Crippen LogP contribution in [0.15, 0.2) is 60.7 Å². The molecule has 5 nitrogen and oxygen atoms in total. The first-order valence-corrected chi connectivity index (χ1v) is 10.3. The van der Waals surface area contributed by atoms with Gasteiger partial charge in [0, 0.05) is 25.3 Å². The van der Waals surface area contributed by atoms with E-state index in [0.29, 0.717) is 25.1 Å². The van der Waals surface area contributed by atoms with Crippen molar-refractivity contribution < 1.29 is 17.5 Å². The molecule has 1 heterocycles. The molecule has 1 aliphatic heterocycles. The Morgan fingerprint density at radius 2 is 1.81 bits per heavy atom. The minimum Gasteiger partial charge on any atom is -0.342 e. The summed E-state index contributed by atoms with van der Waals surface area (Å²) in [7, 11) is -4.10. The van der Waals surface area contributed by atoms with Gasteiger partial charge in [-0.05, 0) is 36.6 Å². The SMILES string of the molecule is CCOC(c1ccccc1)(N1CC=C(c2ccc(F)cc2)CC1)S(N)(=O)=O. The summed E-state index contributed by atoms with van der Waals surface area (Å²) in [6.45, 7) is 2.72. The average Bonchev–Trinajstić information content (AvgIpc) is 2.67. The van der Waals surface area contributed by atoms with Crippen molar-refractivity contribution in [1.29, 1.82) is 0 Å². The van der Waals surface area contributed by atoms with E-state index in [1.807, 2.05) is 12.1 Å². The van der Waals surface area contributed by atoms with Gasteiger partial charge in [0.25, 0.3) is 15.1 Å². The number of halogens is 1. The first kappa shape index (κ1) is 19.7. The summed E-state index contributed by atoms with van der Waals surface area (Å²) in [6, 6.07) is 15.0. The molecule has 0 aliphatic carbocycles. The lowest BCUT2D eigenvalue weighted by molar-refractivity contribution is -0.0926. The zero-order valence-corrected chi connectivity index (χ0v) is 16.0. The largest absolute Gasteiger partial charge is 0.342 e. The fraction of sp³-hybridized carbons (Fsp3) is 0.300. The summed E-state index contributed by atoms with van der Waals surface area (Å²) < 4.78 is 44.3. The third-order valence-corrected chi connectivity index (χ3v) is 6.09. The second kappa shape index (κ2) is 7.90. The molecule has 0 saturated carbocycles. The fourth-order valence-corrected chi connectivity index (χ4v) is 4.76. The van der Waals surface area contributed by atoms with Gasteiger partial charge in [-0.15, -0.1) is 0 Å². The maximum atomic E-state index is 13.2. The monoisotopic (exact) mass is 390 g/mol. The number of hydrogen-bond acceptors (Lipinski definition) is 4. The lowest BCUT2D eigenvalue weighted by Crippen LogP contribution is -2.57. The number of ether oxygens (including phenoxy) is 1. The minimum atomic E-state index is -4.10. The van der Waals surface area contributed by atoms with Crippen molar-refractivity contribution in [3.63, 3.8) is 0 Å². The lowest BCUT2D eigenvalue weighted by Gasteiger charge is -2.42. The van der Waals surface area contributed by atoms with Crippen molar-refractivity contribution in [3.05, 3.63) is 77.6 Å². The molecule has 3 rings (SSSR count). The maximum absolute atomic E-state index is 13.2. The molecule has 0 fully saturated rings. The normalized spacial score (nSPS) is 18.0. The van der Waals surface area contributed by atoms with Crippen LogP contribution >= 0.6 is 0 Å². The van der Waals surface area contributed by atoms with E-state index in [1.165, 1.54) is 12.1 Å². The van der Waals surface area contributed by atoms with E-state index in [1.54, 1.807) is 48.2 Å². The molecule has 7 heteroatoms. The number of sulfonamides is 1. The van der Waals surface area contributed by atoms with Crippen molar-refractivity contribution in [1.82, 2.24) is 4.90 Å². The molecule has 0 aromatic heterocycles. The first-order chi connectivity index (χ1) is 12.9. The standard InChI is InChI=1S/C20H23FN2O3S/c1-2-26-20(27(22,24)25,18-6-4-3-5-7-18)23-14-12-17(13-15-23)16-8-10-19(21)11-9-16/h3-12H,2,13-15H2,1H3,(H2,22,24,25). The number of primary sulfonamides is 1. The van der Waals surface area contributed by atoms with E-state index < -0.39 is 15.1 Å². The van der Waals surface area contributed by atoms with Gasteiger partial charge < -0.3 is 4.74 Å². The van der Waals surface area contributed by atoms with E-state index in [9.17, 15) is 12.8 Å². The molecule has 144 valence electrons. The Bertz CT molecular complexity index is 914. The smallest absolute Gasteiger partial charge is 0.266 e. The number of hydrogen-bond donors (Lipinski definition) is 1. The Hall–Kier alpha value is -2.06. The summed E-state index contributed by atoms with van der Waals surface area (Å²) in [5.41, 5.74) is 2.44. The molecule has 2 aromatic carbocycles. The van der Waals surface area contributed by atoms with Gasteiger partial charge in [-0.2, -0.15) is 0 Å². The average molecular weight is 390 g/mol. The van der Waals surface area contributed by atoms with Gasteiger partial charge in [-0.1, -0.05) is 48.5 Å². The Labute approximate surface area is 159 Å². The first-order valence-electron chi connectivity index (χ1n) is 8.80. The summed E-state index contributed by atoms with van der Waals surface area (Å²) in [5.74, 6) is -0.287. The van der Waals surface area contributed by atoms with E-state index >= 15 is 0 Å². The van der Waals surface area contributed by atoms with Gasteiger partial charge in [0.1, 0.15) is 5.82 Å². The van der Waals surface area contributed by atoms with Crippen LogP contribution in [0.3, 0.4) is 0 Å². The predicted octanol–water partition coefficient (Wildman–Crippen LogP) is 3.05. The van der Waals surface area contributed by atoms with E-state index in [0.717, 1.165) is 11.1 Å². The summed E-state index contributed by atoms with van der Waals surface area (Å²) >= 11 is 0. The molecule has 2 N–H and O–H groups in total. The molecule has 2 aromatic rings. The highest BCUT2D eigenvalue weighted by Crippen LogP contribution is 2.37. The molecule has 1 atom stereocenters. The zero-order valence-electron chi connectivity index (χ0n) is 15.1. The van der Waals surface area contributed by atoms with Crippen LogP contribution in [0.4, 0.5) is 4.39 Å². The number of nitrogens with two attached hydrogens (primary N) is 1. The summed E-state index contributed by atoms with van der Waals surface area (Å²) in [5, 5.41) is 3.93. The van der Waals surface area contributed by atoms with Crippen LogP contribution in [-0.2, 0) is 19.8 Å². The van der Waals surface area contributed by atoms with Crippen LogP contribution in [0.5, 0.6) is 0 Å². The minimum absolute atomic E-state index is 0.191. The second-order valence-corrected chi connectivity index (χ2v) is 8.00. The van der Waals surface area contributed by atoms with Gasteiger partial charge in [-0.25, -0.2) is 17.9 Å². The van der Waals surface area contributed by atoms with Crippen LogP contribution in [0.1, 0.15) is 24.5 Å². The molecular formula is C20H23FN2O3S. The third-order valence-electron chi connectivity index (χ3n) is 4.70. The zero-order chi connectivity index (χ0) is 19.5. The predicted molar refractivity (Wildman–Crippen MR) is 103 cm³/mol. The molecule has 27 heavy (non-hydrogen) atoms. The highest BCUT2D eigenvalue weighted by atomic mass is 32.2. The number of nitrogens with zero attached hydrogens (tertiary/aromatic N) is 1. The molecule has 0 saturated heterocycles. The van der Waals surface area contributed by atoms with Crippen LogP contribution in [0.2, 0.25) is 0 Å². The van der Waals surface area contributed by atoms with Crippen LogP contribution in [0.25, 0.3) is 5.57 Å². The fourth-order valence-electron chi connectivity index (χ4n) is 3.49. The number of rotatable bonds is 6. The Balaban J connectivity index is 1.99. The van der Waals surface area contributed by atoms with E-state index in [4.69, 9.17) is 9.88 Å². The van der Waals surface area contributed by atoms with Crippen LogP contribution in [-0.4, -0.2) is 33.0 Å². The number of benzene rings is 2. The highest BCUT2D eigenvalue weighted by molar-refractivity contribution is 7.89. The van der Waals surface area contributed by atoms with Crippen LogP contribution in [0, 0.1) is 5.82 Å². The van der Waals surface area contributed by atoms with Gasteiger partial charge >= 0.3 is 0 Å². The van der Waals surface area contributed by atoms with E-state index in [2.05, 4.69) is 0 Å². The van der Waals surface area contributed by atoms with Crippen molar-refractivity contribution >= 4 is 15.6 Å². The van der Waals surface area contributed by atoms with Crippen molar-refractivity contribution in [2.75, 3.05) is 19.7 Å². The molecule has 1 unspecified atom stereocenters. The Kier molecular flexibility index (Phi) is 5.76. The lowest BCUT2D eigenvalue weighted by atomic mass is 9.99. The summed E-state index contributed by atoms with van der Waals surface area (Å²) in [4.78, 5) is 1.73. The Morgan fingerprint density at radius 1 is 1.15 bits per heavy atom. The molecule has 0 amide bonds. The third kappa shape index (κ3) is 3.82. The van der Waals surface area contributed by atoms with Gasteiger partial charge in [0.05, 0.1) is 0 Å². The van der Waals surface area contributed by atoms with Crippen molar-refractivity contribution in [3.8, 4) is 0 Å². The van der Waals surface area contributed by atoms with Gasteiger partial charge in [-0.3, -0.25) is 4.90 Å². The van der Waals surface area contributed by atoms with Gasteiger partial charge in [0.15, 0.2) is 0 Å².